The van der Waals surface area contributed by atoms with Gasteiger partial charge in [-0.1, -0.05) is 6.92 Å². The second-order valence-electron chi connectivity index (χ2n) is 7.65. The molecule has 0 aromatic heterocycles. The third-order valence-corrected chi connectivity index (χ3v) is 6.08. The maximum absolute atomic E-state index is 11.9. The zero-order valence-electron chi connectivity index (χ0n) is 13.5. The number of carboxylic acids is 1. The fourth-order valence-electron chi connectivity index (χ4n) is 4.42. The summed E-state index contributed by atoms with van der Waals surface area (Å²) in [5.74, 6) is 0.105. The predicted molar refractivity (Wildman–Crippen MR) is 83.3 cm³/mol. The van der Waals surface area contributed by atoms with Crippen LogP contribution in [-0.2, 0) is 4.79 Å². The molecule has 3 fully saturated rings. The molecule has 2 saturated carbocycles. The van der Waals surface area contributed by atoms with E-state index in [2.05, 4.69) is 24.1 Å². The zero-order chi connectivity index (χ0) is 15.0. The standard InChI is InChI=1S/C17H30N2O2/c1-12-5-4-10-19(13(12)2)15-6-3-9-17(11-15,16(20)21)18-14-7-8-14/h12-15,18H,3-11H2,1-2H3,(H,20,21). The SMILES string of the molecule is CC1CCCN(C2CCCC(NC3CC3)(C(=O)O)C2)C1C. The smallest absolute Gasteiger partial charge is 0.323 e. The van der Waals surface area contributed by atoms with E-state index in [0.29, 0.717) is 18.1 Å². The molecule has 1 saturated heterocycles. The lowest BCUT2D eigenvalue weighted by Gasteiger charge is -2.48. The highest BCUT2D eigenvalue weighted by molar-refractivity contribution is 5.79. The molecule has 0 bridgehead atoms. The van der Waals surface area contributed by atoms with E-state index in [0.717, 1.165) is 44.6 Å². The number of piperidine rings is 1. The van der Waals surface area contributed by atoms with Gasteiger partial charge in [0.15, 0.2) is 0 Å². The van der Waals surface area contributed by atoms with Crippen molar-refractivity contribution < 1.29 is 9.90 Å². The zero-order valence-corrected chi connectivity index (χ0v) is 13.5. The van der Waals surface area contributed by atoms with Crippen LogP contribution in [0.1, 0.15) is 65.2 Å². The lowest BCUT2D eigenvalue weighted by Crippen LogP contribution is -2.60. The summed E-state index contributed by atoms with van der Waals surface area (Å²) in [6.07, 6.45) is 8.66. The van der Waals surface area contributed by atoms with Crippen LogP contribution >= 0.6 is 0 Å². The highest BCUT2D eigenvalue weighted by Gasteiger charge is 2.47. The molecule has 21 heavy (non-hydrogen) atoms. The molecule has 0 spiro atoms. The second kappa shape index (κ2) is 5.88. The molecule has 0 aromatic rings. The van der Waals surface area contributed by atoms with Gasteiger partial charge in [-0.3, -0.25) is 15.0 Å². The average Bonchev–Trinajstić information content (AvgIpc) is 3.26. The molecule has 4 heteroatoms. The van der Waals surface area contributed by atoms with Crippen molar-refractivity contribution in [2.45, 2.75) is 88.9 Å². The summed E-state index contributed by atoms with van der Waals surface area (Å²) < 4.78 is 0. The molecule has 2 N–H and O–H groups in total. The van der Waals surface area contributed by atoms with Crippen LogP contribution < -0.4 is 5.32 Å². The van der Waals surface area contributed by atoms with Crippen molar-refractivity contribution in [3.8, 4) is 0 Å². The Bertz CT molecular complexity index is 396. The van der Waals surface area contributed by atoms with E-state index in [1.165, 1.54) is 19.3 Å². The first-order valence-corrected chi connectivity index (χ1v) is 8.79. The highest BCUT2D eigenvalue weighted by Crippen LogP contribution is 2.37. The number of likely N-dealkylation sites (tertiary alicyclic amines) is 1. The van der Waals surface area contributed by atoms with Gasteiger partial charge >= 0.3 is 5.97 Å². The van der Waals surface area contributed by atoms with Gasteiger partial charge in [-0.2, -0.15) is 0 Å². The Balaban J connectivity index is 1.72. The van der Waals surface area contributed by atoms with Gasteiger partial charge in [-0.05, 0) is 70.8 Å². The molecule has 4 nitrogen and oxygen atoms in total. The van der Waals surface area contributed by atoms with Crippen LogP contribution in [0.3, 0.4) is 0 Å². The van der Waals surface area contributed by atoms with Gasteiger partial charge in [0, 0.05) is 18.1 Å². The van der Waals surface area contributed by atoms with Crippen molar-refractivity contribution in [3.63, 3.8) is 0 Å². The second-order valence-corrected chi connectivity index (χ2v) is 7.65. The molecule has 4 atom stereocenters. The van der Waals surface area contributed by atoms with Crippen molar-refractivity contribution in [1.82, 2.24) is 10.2 Å². The third-order valence-electron chi connectivity index (χ3n) is 6.08. The van der Waals surface area contributed by atoms with Crippen molar-refractivity contribution in [3.05, 3.63) is 0 Å². The molecule has 1 heterocycles. The summed E-state index contributed by atoms with van der Waals surface area (Å²) in [5.41, 5.74) is -0.662. The molecule has 0 amide bonds. The van der Waals surface area contributed by atoms with E-state index in [9.17, 15) is 9.90 Å². The minimum atomic E-state index is -0.662. The van der Waals surface area contributed by atoms with Crippen LogP contribution in [0.25, 0.3) is 0 Å². The summed E-state index contributed by atoms with van der Waals surface area (Å²) in [6, 6.07) is 1.49. The van der Waals surface area contributed by atoms with Crippen LogP contribution in [0.5, 0.6) is 0 Å². The Labute approximate surface area is 128 Å². The minimum Gasteiger partial charge on any atom is -0.480 e. The Kier molecular flexibility index (Phi) is 4.28. The highest BCUT2D eigenvalue weighted by atomic mass is 16.4. The Hall–Kier alpha value is -0.610. The molecule has 2 aliphatic carbocycles. The van der Waals surface area contributed by atoms with E-state index in [1.54, 1.807) is 0 Å². The Morgan fingerprint density at radius 1 is 1.19 bits per heavy atom. The number of hydrogen-bond donors (Lipinski definition) is 2. The number of nitrogens with zero attached hydrogens (tertiary/aromatic N) is 1. The maximum atomic E-state index is 11.9. The van der Waals surface area contributed by atoms with Crippen LogP contribution in [-0.4, -0.2) is 46.2 Å². The fourth-order valence-corrected chi connectivity index (χ4v) is 4.42. The first kappa shape index (κ1) is 15.3. The topological polar surface area (TPSA) is 52.6 Å². The van der Waals surface area contributed by atoms with Gasteiger partial charge in [0.25, 0.3) is 0 Å². The number of carboxylic acid groups (broad SMARTS) is 1. The quantitative estimate of drug-likeness (QED) is 0.837. The largest absolute Gasteiger partial charge is 0.480 e. The molecule has 1 aliphatic heterocycles. The Morgan fingerprint density at radius 2 is 1.95 bits per heavy atom. The van der Waals surface area contributed by atoms with E-state index in [-0.39, 0.29) is 0 Å². The molecule has 3 rings (SSSR count). The van der Waals surface area contributed by atoms with Gasteiger partial charge in [-0.25, -0.2) is 0 Å². The molecule has 0 aromatic carbocycles. The van der Waals surface area contributed by atoms with Gasteiger partial charge in [0.05, 0.1) is 0 Å². The summed E-state index contributed by atoms with van der Waals surface area (Å²) in [5, 5.41) is 13.3. The third kappa shape index (κ3) is 3.11. The van der Waals surface area contributed by atoms with Crippen LogP contribution in [0.2, 0.25) is 0 Å². The van der Waals surface area contributed by atoms with Crippen LogP contribution in [0, 0.1) is 5.92 Å². The van der Waals surface area contributed by atoms with Gasteiger partial charge < -0.3 is 5.11 Å². The first-order chi connectivity index (χ1) is 10.0. The van der Waals surface area contributed by atoms with Crippen molar-refractivity contribution in [2.75, 3.05) is 6.54 Å². The molecule has 0 radical (unpaired) electrons. The lowest BCUT2D eigenvalue weighted by atomic mass is 9.76. The normalized spacial score (nSPS) is 41.9. The maximum Gasteiger partial charge on any atom is 0.323 e. The van der Waals surface area contributed by atoms with E-state index in [1.807, 2.05) is 0 Å². The summed E-state index contributed by atoms with van der Waals surface area (Å²) in [7, 11) is 0. The van der Waals surface area contributed by atoms with Gasteiger partial charge in [0.1, 0.15) is 5.54 Å². The number of carbonyl (C=O) groups is 1. The van der Waals surface area contributed by atoms with Crippen molar-refractivity contribution in [1.29, 1.82) is 0 Å². The number of nitrogens with one attached hydrogen (secondary N) is 1. The monoisotopic (exact) mass is 294 g/mol. The summed E-state index contributed by atoms with van der Waals surface area (Å²) in [6.45, 7) is 5.82. The fraction of sp³-hybridized carbons (Fsp3) is 0.941. The summed E-state index contributed by atoms with van der Waals surface area (Å²) in [4.78, 5) is 14.5. The first-order valence-electron chi connectivity index (χ1n) is 8.79. The van der Waals surface area contributed by atoms with Gasteiger partial charge in [0.2, 0.25) is 0 Å². The van der Waals surface area contributed by atoms with Gasteiger partial charge in [-0.15, -0.1) is 0 Å². The van der Waals surface area contributed by atoms with Crippen LogP contribution in [0.15, 0.2) is 0 Å². The number of aliphatic carboxylic acids is 1. The van der Waals surface area contributed by atoms with Crippen molar-refractivity contribution >= 4 is 5.97 Å². The van der Waals surface area contributed by atoms with E-state index in [4.69, 9.17) is 0 Å². The van der Waals surface area contributed by atoms with E-state index < -0.39 is 11.5 Å². The molecular formula is C17H30N2O2. The predicted octanol–water partition coefficient (Wildman–Crippen LogP) is 2.62. The Morgan fingerprint density at radius 3 is 2.62 bits per heavy atom. The van der Waals surface area contributed by atoms with Crippen molar-refractivity contribution in [2.24, 2.45) is 5.92 Å². The van der Waals surface area contributed by atoms with E-state index >= 15 is 0 Å². The number of hydrogen-bond acceptors (Lipinski definition) is 3. The minimum absolute atomic E-state index is 0.443. The molecule has 3 aliphatic rings. The number of rotatable bonds is 4. The molecular weight excluding hydrogens is 264 g/mol. The van der Waals surface area contributed by atoms with Crippen LogP contribution in [0.4, 0.5) is 0 Å². The lowest BCUT2D eigenvalue weighted by molar-refractivity contribution is -0.148. The molecule has 120 valence electrons. The molecule has 4 unspecified atom stereocenters. The average molecular weight is 294 g/mol. The summed E-state index contributed by atoms with van der Waals surface area (Å²) >= 11 is 0.